The Morgan fingerprint density at radius 1 is 1.16 bits per heavy atom. The SMILES string of the molecule is O=C(CCc1ncc(-c2ccc(Cl)cc2)o1)NCCNC(=O)C1CC1. The van der Waals surface area contributed by atoms with Crippen molar-refractivity contribution < 1.29 is 14.0 Å². The maximum Gasteiger partial charge on any atom is 0.223 e. The van der Waals surface area contributed by atoms with Crippen LogP contribution in [0, 0.1) is 5.92 Å². The lowest BCUT2D eigenvalue weighted by molar-refractivity contribution is -0.123. The molecule has 0 atom stereocenters. The smallest absolute Gasteiger partial charge is 0.223 e. The highest BCUT2D eigenvalue weighted by Gasteiger charge is 2.28. The number of aryl methyl sites for hydroxylation is 1. The fourth-order valence-electron chi connectivity index (χ4n) is 2.36. The average Bonchev–Trinajstić information content (AvgIpc) is 3.36. The molecule has 0 spiro atoms. The minimum absolute atomic E-state index is 0.0868. The van der Waals surface area contributed by atoms with Gasteiger partial charge >= 0.3 is 0 Å². The number of benzene rings is 1. The monoisotopic (exact) mass is 361 g/mol. The fraction of sp³-hybridized carbons (Fsp3) is 0.389. The van der Waals surface area contributed by atoms with Crippen molar-refractivity contribution in [1.82, 2.24) is 15.6 Å². The third-order valence-electron chi connectivity index (χ3n) is 3.94. The summed E-state index contributed by atoms with van der Waals surface area (Å²) < 4.78 is 5.66. The summed E-state index contributed by atoms with van der Waals surface area (Å²) in [6, 6.07) is 7.29. The van der Waals surface area contributed by atoms with Crippen molar-refractivity contribution in [2.45, 2.75) is 25.7 Å². The van der Waals surface area contributed by atoms with Crippen LogP contribution in [0.25, 0.3) is 11.3 Å². The Morgan fingerprint density at radius 2 is 1.88 bits per heavy atom. The van der Waals surface area contributed by atoms with Crippen LogP contribution >= 0.6 is 11.6 Å². The molecule has 1 aromatic heterocycles. The van der Waals surface area contributed by atoms with E-state index in [4.69, 9.17) is 16.0 Å². The third kappa shape index (κ3) is 5.32. The van der Waals surface area contributed by atoms with Gasteiger partial charge in [-0.3, -0.25) is 9.59 Å². The molecule has 1 saturated carbocycles. The highest BCUT2D eigenvalue weighted by molar-refractivity contribution is 6.30. The van der Waals surface area contributed by atoms with Crippen LogP contribution in [0.5, 0.6) is 0 Å². The predicted molar refractivity (Wildman–Crippen MR) is 94.0 cm³/mol. The molecule has 0 aliphatic heterocycles. The summed E-state index contributed by atoms with van der Waals surface area (Å²) in [6.07, 6.45) is 4.31. The van der Waals surface area contributed by atoms with Gasteiger partial charge in [-0.25, -0.2) is 4.98 Å². The average molecular weight is 362 g/mol. The van der Waals surface area contributed by atoms with E-state index in [2.05, 4.69) is 15.6 Å². The summed E-state index contributed by atoms with van der Waals surface area (Å²) >= 11 is 5.86. The summed E-state index contributed by atoms with van der Waals surface area (Å²) in [5.74, 6) is 1.35. The lowest BCUT2D eigenvalue weighted by Gasteiger charge is -2.06. The van der Waals surface area contributed by atoms with Crippen LogP contribution in [0.3, 0.4) is 0 Å². The number of hydrogen-bond acceptors (Lipinski definition) is 4. The standard InChI is InChI=1S/C18H20ClN3O3/c19-14-5-3-12(4-6-14)15-11-22-17(25-15)8-7-16(23)20-9-10-21-18(24)13-1-2-13/h3-6,11,13H,1-2,7-10H2,(H,20,23)(H,21,24). The number of rotatable bonds is 8. The van der Waals surface area contributed by atoms with Crippen molar-refractivity contribution >= 4 is 23.4 Å². The van der Waals surface area contributed by atoms with Gasteiger partial charge in [-0.2, -0.15) is 0 Å². The van der Waals surface area contributed by atoms with Gasteiger partial charge in [0, 0.05) is 42.4 Å². The third-order valence-corrected chi connectivity index (χ3v) is 4.19. The fourth-order valence-corrected chi connectivity index (χ4v) is 2.49. The zero-order chi connectivity index (χ0) is 17.6. The van der Waals surface area contributed by atoms with Gasteiger partial charge in [0.05, 0.1) is 6.20 Å². The summed E-state index contributed by atoms with van der Waals surface area (Å²) in [6.45, 7) is 0.889. The van der Waals surface area contributed by atoms with Crippen LogP contribution in [-0.2, 0) is 16.0 Å². The van der Waals surface area contributed by atoms with E-state index < -0.39 is 0 Å². The van der Waals surface area contributed by atoms with E-state index in [0.29, 0.717) is 36.2 Å². The topological polar surface area (TPSA) is 84.2 Å². The molecule has 2 amide bonds. The molecule has 1 heterocycles. The number of hydrogen-bond donors (Lipinski definition) is 2. The lowest BCUT2D eigenvalue weighted by atomic mass is 10.2. The number of nitrogens with zero attached hydrogens (tertiary/aromatic N) is 1. The molecule has 1 fully saturated rings. The second-order valence-electron chi connectivity index (χ2n) is 6.04. The normalized spacial score (nSPS) is 13.5. The number of nitrogens with one attached hydrogen (secondary N) is 2. The Labute approximate surface area is 151 Å². The van der Waals surface area contributed by atoms with Gasteiger partial charge < -0.3 is 15.1 Å². The summed E-state index contributed by atoms with van der Waals surface area (Å²) in [5.41, 5.74) is 0.888. The van der Waals surface area contributed by atoms with Crippen LogP contribution < -0.4 is 10.6 Å². The first kappa shape index (κ1) is 17.5. The number of carbonyl (C=O) groups excluding carboxylic acids is 2. The Balaban J connectivity index is 1.37. The van der Waals surface area contributed by atoms with Gasteiger partial charge in [-0.1, -0.05) is 11.6 Å². The Hall–Kier alpha value is -2.34. The van der Waals surface area contributed by atoms with Crippen LogP contribution in [0.4, 0.5) is 0 Å². The van der Waals surface area contributed by atoms with Crippen LogP contribution in [0.15, 0.2) is 34.9 Å². The number of halogens is 1. The van der Waals surface area contributed by atoms with E-state index >= 15 is 0 Å². The van der Waals surface area contributed by atoms with Crippen molar-refractivity contribution in [1.29, 1.82) is 0 Å². The molecule has 0 radical (unpaired) electrons. The summed E-state index contributed by atoms with van der Waals surface area (Å²) in [5, 5.41) is 6.24. The first-order valence-corrected chi connectivity index (χ1v) is 8.74. The molecule has 2 aromatic rings. The van der Waals surface area contributed by atoms with E-state index in [0.717, 1.165) is 18.4 Å². The Morgan fingerprint density at radius 3 is 2.60 bits per heavy atom. The maximum absolute atomic E-state index is 11.8. The van der Waals surface area contributed by atoms with Crippen LogP contribution in [0.1, 0.15) is 25.2 Å². The van der Waals surface area contributed by atoms with Gasteiger partial charge in [0.25, 0.3) is 0 Å². The molecular formula is C18H20ClN3O3. The lowest BCUT2D eigenvalue weighted by Crippen LogP contribution is -2.35. The number of carbonyl (C=O) groups is 2. The van der Waals surface area contributed by atoms with E-state index in [-0.39, 0.29) is 24.2 Å². The molecule has 1 aliphatic rings. The zero-order valence-corrected chi connectivity index (χ0v) is 14.5. The van der Waals surface area contributed by atoms with Crippen molar-refractivity contribution in [2.24, 2.45) is 5.92 Å². The van der Waals surface area contributed by atoms with E-state index in [1.54, 1.807) is 18.3 Å². The molecule has 1 aromatic carbocycles. The van der Waals surface area contributed by atoms with Gasteiger partial charge in [0.2, 0.25) is 11.8 Å². The second kappa shape index (κ2) is 8.16. The molecule has 25 heavy (non-hydrogen) atoms. The zero-order valence-electron chi connectivity index (χ0n) is 13.8. The van der Waals surface area contributed by atoms with Crippen molar-refractivity contribution in [3.63, 3.8) is 0 Å². The number of oxazole rings is 1. The molecule has 0 unspecified atom stereocenters. The van der Waals surface area contributed by atoms with E-state index in [1.807, 2.05) is 12.1 Å². The van der Waals surface area contributed by atoms with Crippen LogP contribution in [0.2, 0.25) is 5.02 Å². The Kier molecular flexibility index (Phi) is 5.71. The largest absolute Gasteiger partial charge is 0.441 e. The molecule has 0 saturated heterocycles. The molecular weight excluding hydrogens is 342 g/mol. The van der Waals surface area contributed by atoms with Crippen LogP contribution in [-0.4, -0.2) is 29.9 Å². The van der Waals surface area contributed by atoms with E-state index in [1.165, 1.54) is 0 Å². The van der Waals surface area contributed by atoms with Gasteiger partial charge in [0.15, 0.2) is 11.7 Å². The van der Waals surface area contributed by atoms with Crippen molar-refractivity contribution in [3.05, 3.63) is 41.4 Å². The molecule has 0 bridgehead atoms. The quantitative estimate of drug-likeness (QED) is 0.708. The molecule has 7 heteroatoms. The molecule has 2 N–H and O–H groups in total. The van der Waals surface area contributed by atoms with Crippen molar-refractivity contribution in [3.8, 4) is 11.3 Å². The Bertz CT molecular complexity index is 738. The highest BCUT2D eigenvalue weighted by Crippen LogP contribution is 2.28. The minimum atomic E-state index is -0.0908. The van der Waals surface area contributed by atoms with Gasteiger partial charge in [0.1, 0.15) is 0 Å². The number of aromatic nitrogens is 1. The molecule has 132 valence electrons. The van der Waals surface area contributed by atoms with Crippen molar-refractivity contribution in [2.75, 3.05) is 13.1 Å². The van der Waals surface area contributed by atoms with Gasteiger partial charge in [-0.15, -0.1) is 0 Å². The maximum atomic E-state index is 11.8. The molecule has 3 rings (SSSR count). The molecule has 6 nitrogen and oxygen atoms in total. The molecule has 1 aliphatic carbocycles. The second-order valence-corrected chi connectivity index (χ2v) is 6.48. The van der Waals surface area contributed by atoms with E-state index in [9.17, 15) is 9.59 Å². The number of amides is 2. The minimum Gasteiger partial charge on any atom is -0.441 e. The summed E-state index contributed by atoms with van der Waals surface area (Å²) in [7, 11) is 0. The first-order chi connectivity index (χ1) is 12.1. The highest BCUT2D eigenvalue weighted by atomic mass is 35.5. The predicted octanol–water partition coefficient (Wildman–Crippen LogP) is 2.57. The summed E-state index contributed by atoms with van der Waals surface area (Å²) in [4.78, 5) is 27.5. The van der Waals surface area contributed by atoms with Gasteiger partial charge in [-0.05, 0) is 37.1 Å². The first-order valence-electron chi connectivity index (χ1n) is 8.37.